The summed E-state index contributed by atoms with van der Waals surface area (Å²) in [4.78, 5) is 24.3. The minimum absolute atomic E-state index is 0.0145. The summed E-state index contributed by atoms with van der Waals surface area (Å²) >= 11 is 0. The molecule has 1 N–H and O–H groups in total. The van der Waals surface area contributed by atoms with Gasteiger partial charge in [0.2, 0.25) is 10.0 Å². The van der Waals surface area contributed by atoms with Crippen molar-refractivity contribution in [2.75, 3.05) is 26.2 Å². The summed E-state index contributed by atoms with van der Waals surface area (Å²) in [6, 6.07) is 14.8. The summed E-state index contributed by atoms with van der Waals surface area (Å²) in [5, 5.41) is 13.9. The number of non-ortho nitro benzene ring substituents is 1. The quantitative estimate of drug-likeness (QED) is 0.519. The first-order chi connectivity index (χ1) is 14.8. The lowest BCUT2D eigenvalue weighted by Gasteiger charge is -2.34. The molecule has 1 fully saturated rings. The molecule has 1 heterocycles. The molecule has 0 spiro atoms. The monoisotopic (exact) mass is 446 g/mol. The molecule has 9 nitrogen and oxygen atoms in total. The molecule has 0 saturated carbocycles. The summed E-state index contributed by atoms with van der Waals surface area (Å²) < 4.78 is 26.9. The fourth-order valence-corrected chi connectivity index (χ4v) is 4.90. The third-order valence-electron chi connectivity index (χ3n) is 5.27. The Balaban J connectivity index is 1.52. The van der Waals surface area contributed by atoms with E-state index in [1.165, 1.54) is 28.1 Å². The largest absolute Gasteiger partial charge is 0.336 e. The van der Waals surface area contributed by atoms with Crippen LogP contribution in [0.1, 0.15) is 18.9 Å². The van der Waals surface area contributed by atoms with Crippen LogP contribution in [0.4, 0.5) is 10.5 Å². The fraction of sp³-hybridized carbons (Fsp3) is 0.381. The average Bonchev–Trinajstić information content (AvgIpc) is 2.78. The van der Waals surface area contributed by atoms with Crippen LogP contribution >= 0.6 is 0 Å². The maximum atomic E-state index is 12.8. The molecule has 0 radical (unpaired) electrons. The van der Waals surface area contributed by atoms with E-state index in [2.05, 4.69) is 17.4 Å². The number of sulfonamides is 1. The molecule has 1 atom stereocenters. The van der Waals surface area contributed by atoms with Gasteiger partial charge in [-0.15, -0.1) is 0 Å². The van der Waals surface area contributed by atoms with E-state index in [-0.39, 0.29) is 48.8 Å². The molecule has 2 amide bonds. The number of piperazine rings is 1. The standard InChI is InChI=1S/C21H26N4O5S/c1-17(10-11-18-6-3-2-4-7-18)22-21(26)23-12-14-24(15-13-23)31(29,30)20-9-5-8-19(16-20)25(27)28/h2-9,16-17H,10-15H2,1H3,(H,22,26). The van der Waals surface area contributed by atoms with Gasteiger partial charge in [0.05, 0.1) is 9.82 Å². The van der Waals surface area contributed by atoms with E-state index in [0.29, 0.717) is 0 Å². The van der Waals surface area contributed by atoms with Crippen LogP contribution in [-0.2, 0) is 16.4 Å². The number of nitrogens with one attached hydrogen (secondary N) is 1. The Hall–Kier alpha value is -2.98. The van der Waals surface area contributed by atoms with Gasteiger partial charge >= 0.3 is 6.03 Å². The van der Waals surface area contributed by atoms with Crippen molar-refractivity contribution in [3.63, 3.8) is 0 Å². The van der Waals surface area contributed by atoms with Gasteiger partial charge in [-0.25, -0.2) is 13.2 Å². The van der Waals surface area contributed by atoms with Crippen molar-refractivity contribution in [2.24, 2.45) is 0 Å². The lowest BCUT2D eigenvalue weighted by atomic mass is 10.1. The van der Waals surface area contributed by atoms with Crippen LogP contribution in [0.15, 0.2) is 59.5 Å². The van der Waals surface area contributed by atoms with Gasteiger partial charge in [-0.3, -0.25) is 10.1 Å². The highest BCUT2D eigenvalue weighted by atomic mass is 32.2. The first-order valence-electron chi connectivity index (χ1n) is 10.1. The lowest BCUT2D eigenvalue weighted by molar-refractivity contribution is -0.385. The zero-order chi connectivity index (χ0) is 22.4. The Bertz CT molecular complexity index is 1020. The number of rotatable bonds is 7. The van der Waals surface area contributed by atoms with Crippen LogP contribution in [-0.4, -0.2) is 60.8 Å². The maximum absolute atomic E-state index is 12.8. The predicted octanol–water partition coefficient (Wildman–Crippen LogP) is 2.63. The second-order valence-electron chi connectivity index (χ2n) is 7.52. The van der Waals surface area contributed by atoms with Crippen LogP contribution in [0.5, 0.6) is 0 Å². The molecule has 1 aliphatic rings. The predicted molar refractivity (Wildman–Crippen MR) is 116 cm³/mol. The van der Waals surface area contributed by atoms with E-state index >= 15 is 0 Å². The lowest BCUT2D eigenvalue weighted by Crippen LogP contribution is -2.54. The number of amides is 2. The van der Waals surface area contributed by atoms with Gasteiger partial charge in [0.25, 0.3) is 5.69 Å². The second kappa shape index (κ2) is 9.88. The Morgan fingerprint density at radius 1 is 1.10 bits per heavy atom. The zero-order valence-electron chi connectivity index (χ0n) is 17.3. The summed E-state index contributed by atoms with van der Waals surface area (Å²) in [6.45, 7) is 2.73. The summed E-state index contributed by atoms with van der Waals surface area (Å²) in [7, 11) is -3.86. The van der Waals surface area contributed by atoms with Crippen molar-refractivity contribution >= 4 is 21.7 Å². The van der Waals surface area contributed by atoms with Gasteiger partial charge in [-0.05, 0) is 31.4 Å². The molecular weight excluding hydrogens is 420 g/mol. The first kappa shape index (κ1) is 22.7. The average molecular weight is 447 g/mol. The molecule has 0 aromatic heterocycles. The Labute approximate surface area is 181 Å². The van der Waals surface area contributed by atoms with Crippen LogP contribution in [0.25, 0.3) is 0 Å². The number of carbonyl (C=O) groups excluding carboxylic acids is 1. The number of hydrogen-bond acceptors (Lipinski definition) is 5. The molecule has 10 heteroatoms. The molecule has 0 aliphatic carbocycles. The molecule has 166 valence electrons. The smallest absolute Gasteiger partial charge is 0.317 e. The number of hydrogen-bond donors (Lipinski definition) is 1. The van der Waals surface area contributed by atoms with E-state index in [1.54, 1.807) is 4.90 Å². The van der Waals surface area contributed by atoms with Gasteiger partial charge in [0.15, 0.2) is 0 Å². The minimum Gasteiger partial charge on any atom is -0.336 e. The van der Waals surface area contributed by atoms with Crippen LogP contribution in [0, 0.1) is 10.1 Å². The molecule has 2 aromatic rings. The molecule has 3 rings (SSSR count). The van der Waals surface area contributed by atoms with E-state index < -0.39 is 14.9 Å². The van der Waals surface area contributed by atoms with Crippen molar-refractivity contribution in [3.8, 4) is 0 Å². The number of urea groups is 1. The molecular formula is C21H26N4O5S. The van der Waals surface area contributed by atoms with Crippen LogP contribution < -0.4 is 5.32 Å². The second-order valence-corrected chi connectivity index (χ2v) is 9.46. The van der Waals surface area contributed by atoms with Crippen molar-refractivity contribution in [1.29, 1.82) is 0 Å². The molecule has 2 aromatic carbocycles. The highest BCUT2D eigenvalue weighted by molar-refractivity contribution is 7.89. The van der Waals surface area contributed by atoms with Crippen molar-refractivity contribution in [2.45, 2.75) is 30.7 Å². The summed E-state index contributed by atoms with van der Waals surface area (Å²) in [6.07, 6.45) is 1.66. The number of benzene rings is 2. The normalized spacial score (nSPS) is 16.0. The first-order valence-corrected chi connectivity index (χ1v) is 11.6. The molecule has 31 heavy (non-hydrogen) atoms. The SMILES string of the molecule is CC(CCc1ccccc1)NC(=O)N1CCN(S(=O)(=O)c2cccc([N+](=O)[O-])c2)CC1. The van der Waals surface area contributed by atoms with Crippen LogP contribution in [0.3, 0.4) is 0 Å². The van der Waals surface area contributed by atoms with E-state index in [4.69, 9.17) is 0 Å². The Morgan fingerprint density at radius 3 is 2.42 bits per heavy atom. The number of carbonyl (C=O) groups is 1. The van der Waals surface area contributed by atoms with Gasteiger partial charge in [-0.1, -0.05) is 36.4 Å². The third kappa shape index (κ3) is 5.80. The highest BCUT2D eigenvalue weighted by Gasteiger charge is 2.31. The van der Waals surface area contributed by atoms with Crippen molar-refractivity contribution in [3.05, 3.63) is 70.3 Å². The number of nitro groups is 1. The van der Waals surface area contributed by atoms with Gasteiger partial charge < -0.3 is 10.2 Å². The zero-order valence-corrected chi connectivity index (χ0v) is 18.1. The topological polar surface area (TPSA) is 113 Å². The summed E-state index contributed by atoms with van der Waals surface area (Å²) in [5.74, 6) is 0. The van der Waals surface area contributed by atoms with E-state index in [1.807, 2.05) is 25.1 Å². The van der Waals surface area contributed by atoms with E-state index in [9.17, 15) is 23.3 Å². The third-order valence-corrected chi connectivity index (χ3v) is 7.17. The molecule has 0 bridgehead atoms. The Kier molecular flexibility index (Phi) is 7.24. The van der Waals surface area contributed by atoms with Gasteiger partial charge in [-0.2, -0.15) is 4.31 Å². The number of aryl methyl sites for hydroxylation is 1. The fourth-order valence-electron chi connectivity index (χ4n) is 3.44. The molecule has 1 saturated heterocycles. The van der Waals surface area contributed by atoms with Gasteiger partial charge in [0.1, 0.15) is 0 Å². The van der Waals surface area contributed by atoms with Crippen molar-refractivity contribution in [1.82, 2.24) is 14.5 Å². The number of nitro benzene ring substituents is 1. The maximum Gasteiger partial charge on any atom is 0.317 e. The van der Waals surface area contributed by atoms with Crippen LogP contribution in [0.2, 0.25) is 0 Å². The summed E-state index contributed by atoms with van der Waals surface area (Å²) in [5.41, 5.74) is 0.937. The highest BCUT2D eigenvalue weighted by Crippen LogP contribution is 2.22. The van der Waals surface area contributed by atoms with Gasteiger partial charge in [0, 0.05) is 44.4 Å². The number of nitrogens with zero attached hydrogens (tertiary/aromatic N) is 3. The molecule has 1 unspecified atom stereocenters. The van der Waals surface area contributed by atoms with E-state index in [0.717, 1.165) is 18.9 Å². The van der Waals surface area contributed by atoms with Crippen molar-refractivity contribution < 1.29 is 18.1 Å². The molecule has 1 aliphatic heterocycles. The minimum atomic E-state index is -3.86. The Morgan fingerprint density at radius 2 is 1.77 bits per heavy atom.